The standard InChI is InChI=1S/C23H28O8/c1-3-14-4-6-15(7-5-14)10-16-8-9-17(29-13(2)25)11-18(16)30-23-22(28)21(27)20(26)19(12-24)31-23/h4-9,11,19-24,26-28H,3,10,12H2,1-2H3/t19-,20-,21+,22-,23?/m1/s1. The minimum Gasteiger partial charge on any atom is -0.462 e. The molecule has 8 heteroatoms. The van der Waals surface area contributed by atoms with Gasteiger partial charge in [0.2, 0.25) is 6.29 Å². The predicted molar refractivity (Wildman–Crippen MR) is 111 cm³/mol. The highest BCUT2D eigenvalue weighted by atomic mass is 16.7. The van der Waals surface area contributed by atoms with E-state index >= 15 is 0 Å². The number of aliphatic hydroxyl groups excluding tert-OH is 4. The fourth-order valence-electron chi connectivity index (χ4n) is 3.42. The Morgan fingerprint density at radius 3 is 2.29 bits per heavy atom. The average Bonchev–Trinajstić information content (AvgIpc) is 2.76. The first-order valence-electron chi connectivity index (χ1n) is 10.2. The summed E-state index contributed by atoms with van der Waals surface area (Å²) >= 11 is 0. The van der Waals surface area contributed by atoms with Crippen molar-refractivity contribution in [1.82, 2.24) is 0 Å². The van der Waals surface area contributed by atoms with E-state index in [-0.39, 0.29) is 11.5 Å². The van der Waals surface area contributed by atoms with Crippen LogP contribution in [0.15, 0.2) is 42.5 Å². The van der Waals surface area contributed by atoms with Gasteiger partial charge in [-0.2, -0.15) is 0 Å². The number of aliphatic hydroxyl groups is 4. The van der Waals surface area contributed by atoms with E-state index in [1.165, 1.54) is 18.6 Å². The molecule has 2 aromatic carbocycles. The monoisotopic (exact) mass is 432 g/mol. The summed E-state index contributed by atoms with van der Waals surface area (Å²) < 4.78 is 16.4. The Kier molecular flexibility index (Phi) is 7.64. The minimum atomic E-state index is -1.56. The van der Waals surface area contributed by atoms with Gasteiger partial charge in [-0.1, -0.05) is 37.3 Å². The van der Waals surface area contributed by atoms with Gasteiger partial charge in [-0.15, -0.1) is 0 Å². The summed E-state index contributed by atoms with van der Waals surface area (Å²) in [5.74, 6) is 0.0292. The van der Waals surface area contributed by atoms with Gasteiger partial charge >= 0.3 is 5.97 Å². The van der Waals surface area contributed by atoms with Gasteiger partial charge < -0.3 is 34.6 Å². The van der Waals surface area contributed by atoms with E-state index in [2.05, 4.69) is 6.92 Å². The van der Waals surface area contributed by atoms with Crippen LogP contribution in [0, 0.1) is 0 Å². The van der Waals surface area contributed by atoms with Crippen LogP contribution in [0.1, 0.15) is 30.5 Å². The van der Waals surface area contributed by atoms with E-state index < -0.39 is 43.3 Å². The summed E-state index contributed by atoms with van der Waals surface area (Å²) in [5.41, 5.74) is 2.97. The molecule has 0 bridgehead atoms. The predicted octanol–water partition coefficient (Wildman–Crippen LogP) is 0.944. The molecule has 2 aromatic rings. The van der Waals surface area contributed by atoms with E-state index in [0.29, 0.717) is 6.42 Å². The highest BCUT2D eigenvalue weighted by Crippen LogP contribution is 2.31. The zero-order valence-corrected chi connectivity index (χ0v) is 17.5. The normalized spacial score (nSPS) is 25.8. The second kappa shape index (κ2) is 10.2. The molecule has 3 rings (SSSR count). The van der Waals surface area contributed by atoms with Crippen molar-refractivity contribution in [3.63, 3.8) is 0 Å². The Morgan fingerprint density at radius 2 is 1.68 bits per heavy atom. The maximum atomic E-state index is 11.3. The van der Waals surface area contributed by atoms with Crippen molar-refractivity contribution in [2.45, 2.75) is 57.4 Å². The van der Waals surface area contributed by atoms with Crippen molar-refractivity contribution in [3.8, 4) is 11.5 Å². The summed E-state index contributed by atoms with van der Waals surface area (Å²) in [6, 6.07) is 13.0. The van der Waals surface area contributed by atoms with Crippen LogP contribution in [0.5, 0.6) is 11.5 Å². The van der Waals surface area contributed by atoms with Gasteiger partial charge in [-0.3, -0.25) is 4.79 Å². The zero-order valence-electron chi connectivity index (χ0n) is 17.5. The Morgan fingerprint density at radius 1 is 1.00 bits per heavy atom. The van der Waals surface area contributed by atoms with Gasteiger partial charge in [-0.05, 0) is 29.2 Å². The fraction of sp³-hybridized carbons (Fsp3) is 0.435. The molecule has 8 nitrogen and oxygen atoms in total. The molecule has 1 heterocycles. The van der Waals surface area contributed by atoms with Crippen LogP contribution in [-0.4, -0.2) is 63.7 Å². The molecule has 0 aliphatic carbocycles. The van der Waals surface area contributed by atoms with Crippen LogP contribution in [0.3, 0.4) is 0 Å². The number of aryl methyl sites for hydroxylation is 1. The molecule has 1 unspecified atom stereocenters. The first-order chi connectivity index (χ1) is 14.8. The maximum absolute atomic E-state index is 11.3. The van der Waals surface area contributed by atoms with Crippen LogP contribution in [0.4, 0.5) is 0 Å². The van der Waals surface area contributed by atoms with E-state index in [1.54, 1.807) is 12.1 Å². The van der Waals surface area contributed by atoms with Crippen LogP contribution >= 0.6 is 0 Å². The molecule has 0 aromatic heterocycles. The molecule has 0 radical (unpaired) electrons. The summed E-state index contributed by atoms with van der Waals surface area (Å²) in [7, 11) is 0. The molecule has 168 valence electrons. The summed E-state index contributed by atoms with van der Waals surface area (Å²) in [5, 5.41) is 39.7. The lowest BCUT2D eigenvalue weighted by atomic mass is 9.99. The molecule has 4 N–H and O–H groups in total. The van der Waals surface area contributed by atoms with Crippen molar-refractivity contribution < 1.29 is 39.4 Å². The van der Waals surface area contributed by atoms with Crippen LogP contribution < -0.4 is 9.47 Å². The molecule has 0 spiro atoms. The van der Waals surface area contributed by atoms with E-state index in [9.17, 15) is 25.2 Å². The molecule has 0 saturated carbocycles. The first kappa shape index (κ1) is 23.2. The number of carbonyl (C=O) groups excluding carboxylic acids is 1. The third-order valence-electron chi connectivity index (χ3n) is 5.22. The van der Waals surface area contributed by atoms with E-state index in [1.807, 2.05) is 24.3 Å². The number of rotatable bonds is 7. The maximum Gasteiger partial charge on any atom is 0.308 e. The van der Waals surface area contributed by atoms with Gasteiger partial charge in [0.15, 0.2) is 0 Å². The van der Waals surface area contributed by atoms with Crippen LogP contribution in [-0.2, 0) is 22.4 Å². The molecular formula is C23H28O8. The molecule has 1 aliphatic rings. The number of hydrogen-bond acceptors (Lipinski definition) is 8. The molecule has 31 heavy (non-hydrogen) atoms. The van der Waals surface area contributed by atoms with Crippen LogP contribution in [0.25, 0.3) is 0 Å². The highest BCUT2D eigenvalue weighted by molar-refractivity contribution is 5.69. The smallest absolute Gasteiger partial charge is 0.308 e. The van der Waals surface area contributed by atoms with Gasteiger partial charge in [0.25, 0.3) is 0 Å². The molecule has 5 atom stereocenters. The average molecular weight is 432 g/mol. The Labute approximate surface area is 180 Å². The first-order valence-corrected chi connectivity index (χ1v) is 10.2. The summed E-state index contributed by atoms with van der Waals surface area (Å²) in [6.45, 7) is 2.80. The quantitative estimate of drug-likeness (QED) is 0.376. The Balaban J connectivity index is 1.88. The van der Waals surface area contributed by atoms with Gasteiger partial charge in [-0.25, -0.2) is 0 Å². The molecule has 0 amide bonds. The van der Waals surface area contributed by atoms with Crippen LogP contribution in [0.2, 0.25) is 0 Å². The molecule has 1 aliphatic heterocycles. The topological polar surface area (TPSA) is 126 Å². The number of esters is 1. The third-order valence-corrected chi connectivity index (χ3v) is 5.22. The van der Waals surface area contributed by atoms with Gasteiger partial charge in [0.05, 0.1) is 6.61 Å². The van der Waals surface area contributed by atoms with Crippen molar-refractivity contribution in [1.29, 1.82) is 0 Å². The van der Waals surface area contributed by atoms with Gasteiger partial charge in [0.1, 0.15) is 35.9 Å². The lowest BCUT2D eigenvalue weighted by Gasteiger charge is -2.39. The number of ether oxygens (including phenoxy) is 3. The molecule has 1 fully saturated rings. The Bertz CT molecular complexity index is 880. The van der Waals surface area contributed by atoms with Crippen molar-refractivity contribution in [2.24, 2.45) is 0 Å². The third kappa shape index (κ3) is 5.61. The molecular weight excluding hydrogens is 404 g/mol. The lowest BCUT2D eigenvalue weighted by molar-refractivity contribution is -0.277. The Hall–Kier alpha value is -2.49. The van der Waals surface area contributed by atoms with E-state index in [0.717, 1.165) is 17.5 Å². The number of benzene rings is 2. The fourth-order valence-corrected chi connectivity index (χ4v) is 3.42. The number of carbonyl (C=O) groups is 1. The van der Waals surface area contributed by atoms with Crippen molar-refractivity contribution in [3.05, 3.63) is 59.2 Å². The summed E-state index contributed by atoms with van der Waals surface area (Å²) in [4.78, 5) is 11.3. The second-order valence-corrected chi connectivity index (χ2v) is 7.53. The highest BCUT2D eigenvalue weighted by Gasteiger charge is 2.44. The van der Waals surface area contributed by atoms with Gasteiger partial charge in [0, 0.05) is 19.4 Å². The number of hydrogen-bond donors (Lipinski definition) is 4. The largest absolute Gasteiger partial charge is 0.462 e. The van der Waals surface area contributed by atoms with Crippen molar-refractivity contribution >= 4 is 5.97 Å². The SMILES string of the molecule is CCc1ccc(Cc2ccc(OC(C)=O)cc2OC2O[C@H](CO)[C@@H](O)[C@H](O)[C@H]2O)cc1. The zero-order chi connectivity index (χ0) is 22.5. The summed E-state index contributed by atoms with van der Waals surface area (Å²) in [6.07, 6.45) is -5.59. The lowest BCUT2D eigenvalue weighted by Crippen LogP contribution is -2.60. The minimum absolute atomic E-state index is 0.247. The molecule has 1 saturated heterocycles. The van der Waals surface area contributed by atoms with Crippen molar-refractivity contribution in [2.75, 3.05) is 6.61 Å². The second-order valence-electron chi connectivity index (χ2n) is 7.53. The van der Waals surface area contributed by atoms with E-state index in [4.69, 9.17) is 14.2 Å².